The molecule has 0 heterocycles. The predicted molar refractivity (Wildman–Crippen MR) is 67.5 cm³/mol. The minimum Gasteiger partial charge on any atom is -0.383 e. The van der Waals surface area contributed by atoms with Crippen molar-refractivity contribution >= 4 is 9.84 Å². The van der Waals surface area contributed by atoms with Gasteiger partial charge in [-0.1, -0.05) is 20.3 Å². The lowest BCUT2D eigenvalue weighted by Gasteiger charge is -2.17. The van der Waals surface area contributed by atoms with E-state index in [4.69, 9.17) is 4.74 Å². The molecule has 0 aliphatic heterocycles. The highest BCUT2D eigenvalue weighted by molar-refractivity contribution is 7.91. The summed E-state index contributed by atoms with van der Waals surface area (Å²) in [7, 11) is -1.34. The SMILES string of the molecule is CCCCS(=O)(=O)CC(COC)NCCC. The van der Waals surface area contributed by atoms with Crippen molar-refractivity contribution in [2.45, 2.75) is 39.2 Å². The number of hydrogen-bond donors (Lipinski definition) is 1. The highest BCUT2D eigenvalue weighted by Crippen LogP contribution is 2.01. The third kappa shape index (κ3) is 8.07. The average Bonchev–Trinajstić information content (AvgIpc) is 2.23. The van der Waals surface area contributed by atoms with Crippen LogP contribution in [0.25, 0.3) is 0 Å². The van der Waals surface area contributed by atoms with Gasteiger partial charge in [-0.3, -0.25) is 0 Å². The summed E-state index contributed by atoms with van der Waals surface area (Å²) in [4.78, 5) is 0. The van der Waals surface area contributed by atoms with E-state index in [-0.39, 0.29) is 17.5 Å². The summed E-state index contributed by atoms with van der Waals surface area (Å²) in [6.45, 7) is 5.34. The van der Waals surface area contributed by atoms with Crippen LogP contribution in [-0.4, -0.2) is 46.2 Å². The first-order chi connectivity index (χ1) is 7.55. The summed E-state index contributed by atoms with van der Waals surface area (Å²) in [6.07, 6.45) is 2.65. The van der Waals surface area contributed by atoms with Crippen molar-refractivity contribution in [3.63, 3.8) is 0 Å². The number of ether oxygens (including phenoxy) is 1. The molecule has 1 N–H and O–H groups in total. The Morgan fingerprint density at radius 2 is 1.94 bits per heavy atom. The Hall–Kier alpha value is -0.130. The zero-order valence-electron chi connectivity index (χ0n) is 10.7. The topological polar surface area (TPSA) is 55.4 Å². The molecule has 4 nitrogen and oxygen atoms in total. The highest BCUT2D eigenvalue weighted by atomic mass is 32.2. The van der Waals surface area contributed by atoms with Gasteiger partial charge in [-0.2, -0.15) is 0 Å². The van der Waals surface area contributed by atoms with Gasteiger partial charge >= 0.3 is 0 Å². The van der Waals surface area contributed by atoms with Gasteiger partial charge in [0, 0.05) is 13.2 Å². The fourth-order valence-corrected chi connectivity index (χ4v) is 3.19. The molecule has 1 atom stereocenters. The second kappa shape index (κ2) is 8.96. The van der Waals surface area contributed by atoms with Crippen LogP contribution in [0.4, 0.5) is 0 Å². The molecule has 0 saturated heterocycles. The van der Waals surface area contributed by atoms with E-state index >= 15 is 0 Å². The lowest BCUT2D eigenvalue weighted by atomic mass is 10.3. The van der Waals surface area contributed by atoms with Crippen LogP contribution in [0.15, 0.2) is 0 Å². The molecule has 1 unspecified atom stereocenters. The molecule has 0 saturated carbocycles. The molecule has 0 bridgehead atoms. The highest BCUT2D eigenvalue weighted by Gasteiger charge is 2.18. The van der Waals surface area contributed by atoms with Crippen LogP contribution in [-0.2, 0) is 14.6 Å². The third-order valence-electron chi connectivity index (χ3n) is 2.31. The molecule has 16 heavy (non-hydrogen) atoms. The van der Waals surface area contributed by atoms with Crippen molar-refractivity contribution in [1.82, 2.24) is 5.32 Å². The minimum absolute atomic E-state index is 0.0770. The first kappa shape index (κ1) is 15.9. The van der Waals surface area contributed by atoms with Gasteiger partial charge in [-0.15, -0.1) is 0 Å². The monoisotopic (exact) mass is 251 g/mol. The number of hydrogen-bond acceptors (Lipinski definition) is 4. The molecule has 0 amide bonds. The second-order valence-electron chi connectivity index (χ2n) is 4.07. The van der Waals surface area contributed by atoms with Crippen LogP contribution in [0.5, 0.6) is 0 Å². The van der Waals surface area contributed by atoms with Crippen LogP contribution in [0.1, 0.15) is 33.1 Å². The minimum atomic E-state index is -2.94. The van der Waals surface area contributed by atoms with Crippen LogP contribution in [0, 0.1) is 0 Å². The molecule has 0 aromatic heterocycles. The molecule has 0 rings (SSSR count). The van der Waals surface area contributed by atoms with Gasteiger partial charge in [-0.05, 0) is 19.4 Å². The van der Waals surface area contributed by atoms with E-state index in [0.29, 0.717) is 6.61 Å². The van der Waals surface area contributed by atoms with Crippen LogP contribution in [0.3, 0.4) is 0 Å². The Balaban J connectivity index is 4.14. The largest absolute Gasteiger partial charge is 0.383 e. The van der Waals surface area contributed by atoms with Crippen molar-refractivity contribution in [1.29, 1.82) is 0 Å². The summed E-state index contributed by atoms with van der Waals surface area (Å²) >= 11 is 0. The molecule has 0 aromatic rings. The maximum absolute atomic E-state index is 11.7. The quantitative estimate of drug-likeness (QED) is 0.634. The van der Waals surface area contributed by atoms with Crippen LogP contribution < -0.4 is 5.32 Å². The zero-order chi connectivity index (χ0) is 12.4. The fourth-order valence-electron chi connectivity index (χ4n) is 1.47. The standard InChI is InChI=1S/C11H25NO3S/c1-4-6-8-16(13,14)10-11(9-15-3)12-7-5-2/h11-12H,4-10H2,1-3H3. The van der Waals surface area contributed by atoms with E-state index in [1.165, 1.54) is 0 Å². The van der Waals surface area contributed by atoms with Crippen molar-refractivity contribution in [2.75, 3.05) is 31.8 Å². The van der Waals surface area contributed by atoms with Gasteiger partial charge in [0.2, 0.25) is 0 Å². The van der Waals surface area contributed by atoms with Gasteiger partial charge in [-0.25, -0.2) is 8.42 Å². The van der Waals surface area contributed by atoms with Crippen molar-refractivity contribution in [3.05, 3.63) is 0 Å². The van der Waals surface area contributed by atoms with Crippen molar-refractivity contribution < 1.29 is 13.2 Å². The first-order valence-electron chi connectivity index (χ1n) is 5.98. The smallest absolute Gasteiger partial charge is 0.151 e. The molecule has 0 aliphatic rings. The Labute approximate surface area is 99.7 Å². The molecular weight excluding hydrogens is 226 g/mol. The van der Waals surface area contributed by atoms with E-state index in [1.54, 1.807) is 7.11 Å². The molecule has 98 valence electrons. The number of sulfone groups is 1. The molecular formula is C11H25NO3S. The lowest BCUT2D eigenvalue weighted by Crippen LogP contribution is -2.40. The summed E-state index contributed by atoms with van der Waals surface area (Å²) in [5.74, 6) is 0.471. The summed E-state index contributed by atoms with van der Waals surface area (Å²) < 4.78 is 28.5. The van der Waals surface area contributed by atoms with E-state index in [9.17, 15) is 8.42 Å². The summed E-state index contributed by atoms with van der Waals surface area (Å²) in [5, 5.41) is 3.20. The molecule has 0 radical (unpaired) electrons. The van der Waals surface area contributed by atoms with Gasteiger partial charge < -0.3 is 10.1 Å². The molecule has 0 fully saturated rings. The van der Waals surface area contributed by atoms with Crippen LogP contribution in [0.2, 0.25) is 0 Å². The maximum atomic E-state index is 11.7. The Bertz CT molecular complexity index is 252. The molecule has 0 aliphatic carbocycles. The average molecular weight is 251 g/mol. The van der Waals surface area contributed by atoms with Crippen molar-refractivity contribution in [3.8, 4) is 0 Å². The van der Waals surface area contributed by atoms with E-state index in [1.807, 2.05) is 6.92 Å². The normalized spacial score (nSPS) is 13.9. The zero-order valence-corrected chi connectivity index (χ0v) is 11.5. The summed E-state index contributed by atoms with van der Waals surface area (Å²) in [5.41, 5.74) is 0. The number of methoxy groups -OCH3 is 1. The molecule has 0 aromatic carbocycles. The Morgan fingerprint density at radius 3 is 2.44 bits per heavy atom. The van der Waals surface area contributed by atoms with Gasteiger partial charge in [0.15, 0.2) is 9.84 Å². The third-order valence-corrected chi connectivity index (χ3v) is 4.14. The van der Waals surface area contributed by atoms with Crippen molar-refractivity contribution in [2.24, 2.45) is 0 Å². The maximum Gasteiger partial charge on any atom is 0.151 e. The van der Waals surface area contributed by atoms with Gasteiger partial charge in [0.1, 0.15) is 0 Å². The molecule has 5 heteroatoms. The number of nitrogens with one attached hydrogen (secondary N) is 1. The van der Waals surface area contributed by atoms with E-state index < -0.39 is 9.84 Å². The number of rotatable bonds is 10. The number of unbranched alkanes of at least 4 members (excludes halogenated alkanes) is 1. The predicted octanol–water partition coefficient (Wildman–Crippen LogP) is 1.22. The lowest BCUT2D eigenvalue weighted by molar-refractivity contribution is 0.173. The van der Waals surface area contributed by atoms with Gasteiger partial charge in [0.25, 0.3) is 0 Å². The Kier molecular flexibility index (Phi) is 8.89. The van der Waals surface area contributed by atoms with Crippen LogP contribution >= 0.6 is 0 Å². The molecule has 0 spiro atoms. The van der Waals surface area contributed by atoms with Gasteiger partial charge in [0.05, 0.1) is 18.1 Å². The Morgan fingerprint density at radius 1 is 1.25 bits per heavy atom. The van der Waals surface area contributed by atoms with E-state index in [2.05, 4.69) is 12.2 Å². The fraction of sp³-hybridized carbons (Fsp3) is 1.00. The summed E-state index contributed by atoms with van der Waals surface area (Å²) in [6, 6.07) is -0.0770. The van der Waals surface area contributed by atoms with E-state index in [0.717, 1.165) is 25.8 Å². The second-order valence-corrected chi connectivity index (χ2v) is 6.30. The first-order valence-corrected chi connectivity index (χ1v) is 7.80.